The van der Waals surface area contributed by atoms with Crippen LogP contribution in [0.25, 0.3) is 11.3 Å². The molecule has 1 heterocycles. The van der Waals surface area contributed by atoms with E-state index in [1.165, 1.54) is 0 Å². The smallest absolute Gasteiger partial charge is 0.200 e. The molecule has 0 bridgehead atoms. The van der Waals surface area contributed by atoms with Gasteiger partial charge in [-0.3, -0.25) is 4.98 Å². The lowest BCUT2D eigenvalue weighted by atomic mass is 10.1. The average Bonchev–Trinajstić information content (AvgIpc) is 2.47. The van der Waals surface area contributed by atoms with Gasteiger partial charge in [0, 0.05) is 5.56 Å². The van der Waals surface area contributed by atoms with Crippen molar-refractivity contribution in [3.63, 3.8) is 0 Å². The van der Waals surface area contributed by atoms with Crippen molar-refractivity contribution in [1.29, 1.82) is 5.26 Å². The van der Waals surface area contributed by atoms with Gasteiger partial charge in [-0.05, 0) is 6.07 Å². The number of benzene rings is 1. The maximum absolute atomic E-state index is 13.6. The lowest BCUT2D eigenvalue weighted by Crippen LogP contribution is -2.05. The van der Waals surface area contributed by atoms with E-state index in [1.54, 1.807) is 6.07 Å². The normalized spacial score (nSPS) is 10.5. The third kappa shape index (κ3) is 2.42. The van der Waals surface area contributed by atoms with E-state index in [-0.39, 0.29) is 5.56 Å². The van der Waals surface area contributed by atoms with Crippen LogP contribution in [0.5, 0.6) is 0 Å². The molecule has 2 nitrogen and oxygen atoms in total. The minimum Gasteiger partial charge on any atom is -0.253 e. The van der Waals surface area contributed by atoms with Gasteiger partial charge in [0.2, 0.25) is 5.82 Å². The van der Waals surface area contributed by atoms with Crippen LogP contribution in [0.2, 0.25) is 0 Å². The predicted molar refractivity (Wildman–Crippen MR) is 58.7 cm³/mol. The van der Waals surface area contributed by atoms with Gasteiger partial charge < -0.3 is 0 Å². The Balaban J connectivity index is 2.74. The number of hydrogen-bond acceptors (Lipinski definition) is 2. The molecule has 0 unspecified atom stereocenters. The monoisotopic (exact) mass is 302 g/mol. The Labute approximate surface area is 114 Å². The van der Waals surface area contributed by atoms with Crippen LogP contribution < -0.4 is 0 Å². The van der Waals surface area contributed by atoms with E-state index in [4.69, 9.17) is 5.26 Å². The number of nitrogens with zero attached hydrogens (tertiary/aromatic N) is 2. The molecule has 108 valence electrons. The first-order valence-corrected chi connectivity index (χ1v) is 5.41. The summed E-state index contributed by atoms with van der Waals surface area (Å²) in [6.07, 6.45) is 0.0941. The zero-order valence-corrected chi connectivity index (χ0v) is 10.0. The zero-order chi connectivity index (χ0) is 15.7. The van der Waals surface area contributed by atoms with E-state index in [1.807, 2.05) is 0 Å². The Morgan fingerprint density at radius 3 is 1.95 bits per heavy atom. The molecule has 0 radical (unpaired) electrons. The maximum atomic E-state index is 13.6. The van der Waals surface area contributed by atoms with Crippen LogP contribution in [0.4, 0.5) is 26.3 Å². The van der Waals surface area contributed by atoms with Crippen molar-refractivity contribution in [3.05, 3.63) is 52.7 Å². The van der Waals surface area contributed by atoms with E-state index >= 15 is 0 Å². The highest BCUT2D eigenvalue weighted by molar-refractivity contribution is 5.62. The second kappa shape index (κ2) is 5.44. The molecule has 0 amide bonds. The molecule has 0 spiro atoms. The zero-order valence-electron chi connectivity index (χ0n) is 10.0. The molecular formula is C13H4F6N2. The SMILES string of the molecule is N#CCc1cc(-c2c(F)c(F)c(F)c(F)c2F)ncc1F. The molecule has 2 aromatic rings. The van der Waals surface area contributed by atoms with Crippen molar-refractivity contribution in [2.24, 2.45) is 0 Å². The maximum Gasteiger partial charge on any atom is 0.200 e. The topological polar surface area (TPSA) is 36.7 Å². The van der Waals surface area contributed by atoms with E-state index in [9.17, 15) is 26.3 Å². The number of aromatic nitrogens is 1. The summed E-state index contributed by atoms with van der Waals surface area (Å²) in [5.41, 5.74) is -2.20. The Hall–Kier alpha value is -2.56. The predicted octanol–water partition coefficient (Wildman–Crippen LogP) is 3.65. The molecule has 2 rings (SSSR count). The highest BCUT2D eigenvalue weighted by Gasteiger charge is 2.27. The minimum atomic E-state index is -2.30. The van der Waals surface area contributed by atoms with Crippen molar-refractivity contribution in [1.82, 2.24) is 4.98 Å². The van der Waals surface area contributed by atoms with Gasteiger partial charge in [0.15, 0.2) is 23.3 Å². The van der Waals surface area contributed by atoms with Crippen LogP contribution in [-0.2, 0) is 6.42 Å². The quantitative estimate of drug-likeness (QED) is 0.482. The van der Waals surface area contributed by atoms with E-state index < -0.39 is 52.6 Å². The number of hydrogen-bond donors (Lipinski definition) is 0. The molecule has 8 heteroatoms. The van der Waals surface area contributed by atoms with Gasteiger partial charge >= 0.3 is 0 Å². The highest BCUT2D eigenvalue weighted by atomic mass is 19.2. The summed E-state index contributed by atoms with van der Waals surface area (Å²) in [5, 5.41) is 8.48. The van der Waals surface area contributed by atoms with Gasteiger partial charge in [0.05, 0.1) is 29.9 Å². The van der Waals surface area contributed by atoms with Gasteiger partial charge in [-0.2, -0.15) is 5.26 Å². The first-order valence-electron chi connectivity index (χ1n) is 5.41. The van der Waals surface area contributed by atoms with Crippen molar-refractivity contribution in [3.8, 4) is 17.3 Å². The summed E-state index contributed by atoms with van der Waals surface area (Å²) < 4.78 is 79.6. The molecule has 0 saturated heterocycles. The van der Waals surface area contributed by atoms with E-state index in [0.29, 0.717) is 6.20 Å². The van der Waals surface area contributed by atoms with Crippen molar-refractivity contribution >= 4 is 0 Å². The van der Waals surface area contributed by atoms with E-state index in [2.05, 4.69) is 4.98 Å². The Morgan fingerprint density at radius 1 is 0.905 bits per heavy atom. The van der Waals surface area contributed by atoms with Crippen LogP contribution in [0.3, 0.4) is 0 Å². The minimum absolute atomic E-state index is 0.272. The first kappa shape index (κ1) is 14.8. The summed E-state index contributed by atoms with van der Waals surface area (Å²) in [4.78, 5) is 3.30. The van der Waals surface area contributed by atoms with Gasteiger partial charge in [0.25, 0.3) is 0 Å². The third-order valence-electron chi connectivity index (χ3n) is 2.67. The summed E-state index contributed by atoms with van der Waals surface area (Å²) in [6, 6.07) is 2.36. The number of halogens is 6. The molecule has 1 aromatic heterocycles. The van der Waals surface area contributed by atoms with Crippen LogP contribution in [0, 0.1) is 46.2 Å². The fourth-order valence-corrected chi connectivity index (χ4v) is 1.67. The second-order valence-electron chi connectivity index (χ2n) is 3.94. The first-order chi connectivity index (χ1) is 9.88. The molecular weight excluding hydrogens is 298 g/mol. The second-order valence-corrected chi connectivity index (χ2v) is 3.94. The van der Waals surface area contributed by atoms with Gasteiger partial charge in [-0.25, -0.2) is 26.3 Å². The Kier molecular flexibility index (Phi) is 3.84. The highest BCUT2D eigenvalue weighted by Crippen LogP contribution is 2.31. The molecule has 0 aliphatic heterocycles. The Bertz CT molecular complexity index is 737. The summed E-state index contributed by atoms with van der Waals surface area (Å²) >= 11 is 0. The molecule has 0 aliphatic carbocycles. The standard InChI is InChI=1S/C13H4F6N2/c14-6-4-21-7(3-5(6)1-2-20)8-9(15)11(17)13(19)12(18)10(8)16/h3-4H,1H2. The third-order valence-corrected chi connectivity index (χ3v) is 2.67. The van der Waals surface area contributed by atoms with Crippen LogP contribution in [0.15, 0.2) is 12.3 Å². The Morgan fingerprint density at radius 2 is 1.43 bits per heavy atom. The molecule has 0 aliphatic rings. The lowest BCUT2D eigenvalue weighted by Gasteiger charge is -2.08. The molecule has 0 saturated carbocycles. The molecule has 1 aromatic carbocycles. The fourth-order valence-electron chi connectivity index (χ4n) is 1.67. The van der Waals surface area contributed by atoms with Crippen molar-refractivity contribution in [2.75, 3.05) is 0 Å². The number of pyridine rings is 1. The van der Waals surface area contributed by atoms with E-state index in [0.717, 1.165) is 6.07 Å². The number of rotatable bonds is 2. The molecule has 0 N–H and O–H groups in total. The number of nitriles is 1. The molecule has 21 heavy (non-hydrogen) atoms. The summed E-state index contributed by atoms with van der Waals surface area (Å²) in [5.74, 6) is -11.6. The summed E-state index contributed by atoms with van der Waals surface area (Å²) in [6.45, 7) is 0. The van der Waals surface area contributed by atoms with Crippen LogP contribution >= 0.6 is 0 Å². The molecule has 0 fully saturated rings. The van der Waals surface area contributed by atoms with Gasteiger partial charge in [-0.1, -0.05) is 0 Å². The molecule has 0 atom stereocenters. The summed E-state index contributed by atoms with van der Waals surface area (Å²) in [7, 11) is 0. The fraction of sp³-hybridized carbons (Fsp3) is 0.0769. The van der Waals surface area contributed by atoms with Gasteiger partial charge in [0.1, 0.15) is 5.82 Å². The van der Waals surface area contributed by atoms with Crippen molar-refractivity contribution < 1.29 is 26.3 Å². The average molecular weight is 302 g/mol. The van der Waals surface area contributed by atoms with Crippen molar-refractivity contribution in [2.45, 2.75) is 6.42 Å². The van der Waals surface area contributed by atoms with Crippen LogP contribution in [-0.4, -0.2) is 4.98 Å². The van der Waals surface area contributed by atoms with Crippen LogP contribution in [0.1, 0.15) is 5.56 Å². The lowest BCUT2D eigenvalue weighted by molar-refractivity contribution is 0.381. The van der Waals surface area contributed by atoms with Gasteiger partial charge in [-0.15, -0.1) is 0 Å². The largest absolute Gasteiger partial charge is 0.253 e.